The fraction of sp³-hybridized carbons (Fsp3) is 0.286. The number of alkyl halides is 2. The highest BCUT2D eigenvalue weighted by molar-refractivity contribution is 6.18. The van der Waals surface area contributed by atoms with Crippen molar-refractivity contribution in [2.75, 3.05) is 29.7 Å². The van der Waals surface area contributed by atoms with Crippen LogP contribution in [-0.4, -0.2) is 24.8 Å². The zero-order chi connectivity index (χ0) is 17.6. The van der Waals surface area contributed by atoms with Gasteiger partial charge in [0.05, 0.1) is 0 Å². The summed E-state index contributed by atoms with van der Waals surface area (Å²) in [7, 11) is 0. The first-order chi connectivity index (χ1) is 12.2. The molecule has 0 N–H and O–H groups in total. The van der Waals surface area contributed by atoms with E-state index in [2.05, 4.69) is 77.2 Å². The van der Waals surface area contributed by atoms with Crippen molar-refractivity contribution >= 4 is 39.8 Å². The van der Waals surface area contributed by atoms with Gasteiger partial charge in [0.25, 0.3) is 0 Å². The highest BCUT2D eigenvalue weighted by Crippen LogP contribution is 2.17. The summed E-state index contributed by atoms with van der Waals surface area (Å²) in [4.78, 5) is 2.22. The number of rotatable bonds is 7. The van der Waals surface area contributed by atoms with E-state index in [1.165, 1.54) is 27.7 Å². The molecule has 0 bridgehead atoms. The van der Waals surface area contributed by atoms with Gasteiger partial charge in [0.2, 0.25) is 5.52 Å². The molecule has 0 aliphatic carbocycles. The second-order valence-corrected chi connectivity index (χ2v) is 6.93. The molecule has 0 amide bonds. The third-order valence-electron chi connectivity index (χ3n) is 4.51. The lowest BCUT2D eigenvalue weighted by atomic mass is 10.1. The van der Waals surface area contributed by atoms with Crippen LogP contribution in [0.2, 0.25) is 0 Å². The summed E-state index contributed by atoms with van der Waals surface area (Å²) in [6.07, 6.45) is 2.17. The third kappa shape index (κ3) is 4.26. The number of hydrogen-bond donors (Lipinski definition) is 0. The molecule has 1 aromatic heterocycles. The number of anilines is 1. The van der Waals surface area contributed by atoms with E-state index in [9.17, 15) is 0 Å². The molecule has 0 unspecified atom stereocenters. The first-order valence-corrected chi connectivity index (χ1v) is 9.63. The Kier molecular flexibility index (Phi) is 6.17. The van der Waals surface area contributed by atoms with E-state index in [4.69, 9.17) is 23.2 Å². The van der Waals surface area contributed by atoms with Crippen molar-refractivity contribution in [2.45, 2.75) is 13.5 Å². The minimum Gasteiger partial charge on any atom is -0.369 e. The Labute approximate surface area is 159 Å². The minimum absolute atomic E-state index is 0.601. The number of aryl methyl sites for hydroxylation is 1. The van der Waals surface area contributed by atoms with Crippen LogP contribution in [0.4, 0.5) is 5.69 Å². The van der Waals surface area contributed by atoms with Crippen LogP contribution in [0.5, 0.6) is 0 Å². The molecule has 0 aliphatic heterocycles. The van der Waals surface area contributed by atoms with Crippen molar-refractivity contribution in [1.29, 1.82) is 0 Å². The van der Waals surface area contributed by atoms with Gasteiger partial charge in [-0.25, -0.2) is 0 Å². The van der Waals surface area contributed by atoms with E-state index in [0.29, 0.717) is 11.8 Å². The molecule has 3 rings (SSSR count). The fourth-order valence-corrected chi connectivity index (χ4v) is 3.56. The highest BCUT2D eigenvalue weighted by atomic mass is 35.5. The van der Waals surface area contributed by atoms with Crippen molar-refractivity contribution in [1.82, 2.24) is 0 Å². The number of fused-ring (bicyclic) bond motifs is 1. The summed E-state index contributed by atoms with van der Waals surface area (Å²) in [5.41, 5.74) is 5.01. The molecule has 0 atom stereocenters. The first kappa shape index (κ1) is 18.0. The van der Waals surface area contributed by atoms with E-state index in [1.54, 1.807) is 0 Å². The number of aromatic nitrogens is 1. The van der Waals surface area contributed by atoms with Gasteiger partial charge in [-0.05, 0) is 30.7 Å². The van der Waals surface area contributed by atoms with Crippen LogP contribution in [0.25, 0.3) is 10.9 Å². The number of pyridine rings is 1. The summed E-state index contributed by atoms with van der Waals surface area (Å²) in [6, 6.07) is 19.4. The molecule has 4 heteroatoms. The van der Waals surface area contributed by atoms with Crippen molar-refractivity contribution in [3.63, 3.8) is 0 Å². The highest BCUT2D eigenvalue weighted by Gasteiger charge is 2.11. The molecular formula is C21H23Cl2N2+. The second-order valence-electron chi connectivity index (χ2n) is 6.18. The largest absolute Gasteiger partial charge is 0.369 e. The quantitative estimate of drug-likeness (QED) is 0.427. The average Bonchev–Trinajstić information content (AvgIpc) is 2.65. The number of nitrogens with zero attached hydrogens (tertiary/aromatic N) is 2. The maximum atomic E-state index is 5.90. The van der Waals surface area contributed by atoms with Crippen LogP contribution in [-0.2, 0) is 6.54 Å². The van der Waals surface area contributed by atoms with E-state index in [0.717, 1.165) is 19.6 Å². The predicted molar refractivity (Wildman–Crippen MR) is 108 cm³/mol. The van der Waals surface area contributed by atoms with Gasteiger partial charge in [-0.15, -0.1) is 23.2 Å². The molecule has 130 valence electrons. The Morgan fingerprint density at radius 2 is 1.56 bits per heavy atom. The van der Waals surface area contributed by atoms with Crippen LogP contribution in [0.15, 0.2) is 60.8 Å². The maximum Gasteiger partial charge on any atom is 0.213 e. The van der Waals surface area contributed by atoms with Gasteiger partial charge in [-0.1, -0.05) is 24.3 Å². The van der Waals surface area contributed by atoms with E-state index >= 15 is 0 Å². The molecular weight excluding hydrogens is 351 g/mol. The molecule has 0 spiro atoms. The van der Waals surface area contributed by atoms with Gasteiger partial charge in [0.1, 0.15) is 0 Å². The molecule has 1 heterocycles. The van der Waals surface area contributed by atoms with Crippen molar-refractivity contribution < 1.29 is 4.57 Å². The predicted octanol–water partition coefficient (Wildman–Crippen LogP) is 4.77. The van der Waals surface area contributed by atoms with Gasteiger partial charge in [0, 0.05) is 53.6 Å². The van der Waals surface area contributed by atoms with E-state index < -0.39 is 0 Å². The molecule has 2 aromatic carbocycles. The van der Waals surface area contributed by atoms with Crippen LogP contribution >= 0.6 is 23.2 Å². The summed E-state index contributed by atoms with van der Waals surface area (Å²) < 4.78 is 2.30. The lowest BCUT2D eigenvalue weighted by Crippen LogP contribution is -2.35. The third-order valence-corrected chi connectivity index (χ3v) is 4.84. The number of para-hydroxylation sites is 1. The maximum absolute atomic E-state index is 5.90. The Balaban J connectivity index is 1.83. The molecule has 0 saturated carbocycles. The zero-order valence-electron chi connectivity index (χ0n) is 14.5. The number of halogens is 2. The van der Waals surface area contributed by atoms with Crippen molar-refractivity contribution in [3.05, 3.63) is 71.9 Å². The van der Waals surface area contributed by atoms with Crippen molar-refractivity contribution in [2.24, 2.45) is 0 Å². The van der Waals surface area contributed by atoms with Gasteiger partial charge in [0.15, 0.2) is 12.7 Å². The molecule has 3 aromatic rings. The number of hydrogen-bond acceptors (Lipinski definition) is 1. The summed E-state index contributed by atoms with van der Waals surface area (Å²) in [5, 5.41) is 1.30. The lowest BCUT2D eigenvalue weighted by molar-refractivity contribution is -0.662. The van der Waals surface area contributed by atoms with Crippen LogP contribution in [0.3, 0.4) is 0 Å². The van der Waals surface area contributed by atoms with Crippen molar-refractivity contribution in [3.8, 4) is 0 Å². The van der Waals surface area contributed by atoms with Crippen LogP contribution < -0.4 is 9.47 Å². The van der Waals surface area contributed by atoms with Crippen LogP contribution in [0, 0.1) is 6.92 Å². The topological polar surface area (TPSA) is 7.12 Å². The second kappa shape index (κ2) is 8.55. The zero-order valence-corrected chi connectivity index (χ0v) is 16.0. The van der Waals surface area contributed by atoms with Crippen LogP contribution in [0.1, 0.15) is 11.1 Å². The smallest absolute Gasteiger partial charge is 0.213 e. The monoisotopic (exact) mass is 373 g/mol. The van der Waals surface area contributed by atoms with Gasteiger partial charge < -0.3 is 4.90 Å². The standard InChI is InChI=1S/C21H23Cl2N2/c1-17-10-13-25(21-5-3-2-4-20(17)21)16-18-6-8-19(9-7-18)24(14-11-22)15-12-23/h2-10,13H,11-12,14-16H2,1H3/q+1. The minimum atomic E-state index is 0.601. The van der Waals surface area contributed by atoms with Gasteiger partial charge in [-0.3, -0.25) is 0 Å². The van der Waals surface area contributed by atoms with E-state index in [-0.39, 0.29) is 0 Å². The fourth-order valence-electron chi connectivity index (χ4n) is 3.15. The SMILES string of the molecule is Cc1cc[n+](Cc2ccc(N(CCCl)CCCl)cc2)c2ccccc12. The Morgan fingerprint density at radius 1 is 0.880 bits per heavy atom. The molecule has 0 saturated heterocycles. The molecule has 0 aliphatic rings. The lowest BCUT2D eigenvalue weighted by Gasteiger charge is -2.22. The summed E-state index contributed by atoms with van der Waals surface area (Å²) in [6.45, 7) is 4.63. The Morgan fingerprint density at radius 3 is 2.24 bits per heavy atom. The summed E-state index contributed by atoms with van der Waals surface area (Å²) >= 11 is 11.8. The molecule has 25 heavy (non-hydrogen) atoms. The van der Waals surface area contributed by atoms with Gasteiger partial charge >= 0.3 is 0 Å². The average molecular weight is 374 g/mol. The molecule has 2 nitrogen and oxygen atoms in total. The number of benzene rings is 2. The normalized spacial score (nSPS) is 11.0. The van der Waals surface area contributed by atoms with E-state index in [1.807, 2.05) is 0 Å². The van der Waals surface area contributed by atoms with Gasteiger partial charge in [-0.2, -0.15) is 4.57 Å². The molecule has 0 radical (unpaired) electrons. The first-order valence-electron chi connectivity index (χ1n) is 8.56. The molecule has 0 fully saturated rings. The Hall–Kier alpha value is -1.77. The summed E-state index contributed by atoms with van der Waals surface area (Å²) in [5.74, 6) is 1.20. The Bertz CT molecular complexity index is 825.